The fraction of sp³-hybridized carbons (Fsp3) is 0.923. The van der Waals surface area contributed by atoms with Gasteiger partial charge in [-0.3, -0.25) is 4.79 Å². The van der Waals surface area contributed by atoms with Gasteiger partial charge in [-0.05, 0) is 44.8 Å². The number of carbonyl (C=O) groups excluding carboxylic acids is 1. The van der Waals surface area contributed by atoms with E-state index in [4.69, 9.17) is 0 Å². The van der Waals surface area contributed by atoms with Crippen LogP contribution in [0.25, 0.3) is 0 Å². The van der Waals surface area contributed by atoms with Crippen molar-refractivity contribution < 1.29 is 4.79 Å². The van der Waals surface area contributed by atoms with Gasteiger partial charge in [0.15, 0.2) is 0 Å². The Labute approximate surface area is 105 Å². The maximum absolute atomic E-state index is 11.3. The van der Waals surface area contributed by atoms with Crippen molar-refractivity contribution in [3.05, 3.63) is 0 Å². The topological polar surface area (TPSA) is 44.4 Å². The molecule has 100 valence electrons. The summed E-state index contributed by atoms with van der Waals surface area (Å²) in [5, 5.41) is 6.10. The molecule has 1 amide bonds. The second-order valence-corrected chi connectivity index (χ2v) is 5.09. The zero-order chi connectivity index (χ0) is 12.5. The fourth-order valence-electron chi connectivity index (χ4n) is 2.23. The molecule has 0 bridgehead atoms. The Kier molecular flexibility index (Phi) is 7.21. The third-order valence-electron chi connectivity index (χ3n) is 3.12. The lowest BCUT2D eigenvalue weighted by molar-refractivity contribution is -0.120. The SMILES string of the molecule is CCCNC(=O)CNCC(C)CN1CCCC1. The van der Waals surface area contributed by atoms with Crippen molar-refractivity contribution in [3.8, 4) is 0 Å². The minimum absolute atomic E-state index is 0.111. The number of likely N-dealkylation sites (tertiary alicyclic amines) is 1. The number of hydrogen-bond donors (Lipinski definition) is 2. The van der Waals surface area contributed by atoms with Crippen molar-refractivity contribution in [3.63, 3.8) is 0 Å². The van der Waals surface area contributed by atoms with Crippen LogP contribution in [-0.4, -0.2) is 50.1 Å². The Morgan fingerprint density at radius 2 is 2.06 bits per heavy atom. The van der Waals surface area contributed by atoms with Gasteiger partial charge in [-0.15, -0.1) is 0 Å². The van der Waals surface area contributed by atoms with Gasteiger partial charge < -0.3 is 15.5 Å². The van der Waals surface area contributed by atoms with E-state index in [2.05, 4.69) is 29.4 Å². The summed E-state index contributed by atoms with van der Waals surface area (Å²) in [5.74, 6) is 0.729. The van der Waals surface area contributed by atoms with Gasteiger partial charge in [0.2, 0.25) is 5.91 Å². The predicted octanol–water partition coefficient (Wildman–Crippen LogP) is 0.834. The summed E-state index contributed by atoms with van der Waals surface area (Å²) in [6.07, 6.45) is 3.69. The molecule has 1 atom stereocenters. The van der Waals surface area contributed by atoms with Gasteiger partial charge in [0.05, 0.1) is 6.54 Å². The van der Waals surface area contributed by atoms with E-state index in [1.165, 1.54) is 25.9 Å². The normalized spacial score (nSPS) is 18.2. The Bertz CT molecular complexity index is 215. The molecule has 0 spiro atoms. The molecule has 0 radical (unpaired) electrons. The van der Waals surface area contributed by atoms with Crippen LogP contribution in [0.4, 0.5) is 0 Å². The Hall–Kier alpha value is -0.610. The number of nitrogens with one attached hydrogen (secondary N) is 2. The Morgan fingerprint density at radius 1 is 1.35 bits per heavy atom. The molecule has 1 rings (SSSR count). The minimum Gasteiger partial charge on any atom is -0.355 e. The average molecular weight is 241 g/mol. The molecular weight excluding hydrogens is 214 g/mol. The largest absolute Gasteiger partial charge is 0.355 e. The number of nitrogens with zero attached hydrogens (tertiary/aromatic N) is 1. The Balaban J connectivity index is 1.99. The molecule has 1 aliphatic heterocycles. The highest BCUT2D eigenvalue weighted by Crippen LogP contribution is 2.09. The van der Waals surface area contributed by atoms with Gasteiger partial charge in [-0.25, -0.2) is 0 Å². The van der Waals surface area contributed by atoms with Crippen molar-refractivity contribution in [2.45, 2.75) is 33.1 Å². The first-order valence-corrected chi connectivity index (χ1v) is 6.92. The first kappa shape index (κ1) is 14.5. The summed E-state index contributed by atoms with van der Waals surface area (Å²) < 4.78 is 0. The number of rotatable bonds is 8. The van der Waals surface area contributed by atoms with Gasteiger partial charge in [0, 0.05) is 13.1 Å². The number of carbonyl (C=O) groups is 1. The molecule has 0 aromatic heterocycles. The van der Waals surface area contributed by atoms with Crippen LogP contribution >= 0.6 is 0 Å². The minimum atomic E-state index is 0.111. The molecule has 1 aliphatic rings. The summed E-state index contributed by atoms with van der Waals surface area (Å²) in [6, 6.07) is 0. The van der Waals surface area contributed by atoms with Crippen LogP contribution in [0.1, 0.15) is 33.1 Å². The zero-order valence-corrected chi connectivity index (χ0v) is 11.3. The van der Waals surface area contributed by atoms with E-state index >= 15 is 0 Å². The average Bonchev–Trinajstić information content (AvgIpc) is 2.79. The van der Waals surface area contributed by atoms with E-state index in [0.717, 1.165) is 26.1 Å². The Morgan fingerprint density at radius 3 is 2.71 bits per heavy atom. The van der Waals surface area contributed by atoms with Crippen molar-refractivity contribution >= 4 is 5.91 Å². The molecule has 4 heteroatoms. The molecule has 1 fully saturated rings. The molecule has 1 saturated heterocycles. The molecule has 17 heavy (non-hydrogen) atoms. The van der Waals surface area contributed by atoms with E-state index in [-0.39, 0.29) is 5.91 Å². The highest BCUT2D eigenvalue weighted by Gasteiger charge is 2.14. The summed E-state index contributed by atoms with van der Waals surface area (Å²) in [7, 11) is 0. The van der Waals surface area contributed by atoms with Crippen molar-refractivity contribution in [1.29, 1.82) is 0 Å². The molecule has 0 aromatic carbocycles. The molecular formula is C13H27N3O. The van der Waals surface area contributed by atoms with E-state index in [0.29, 0.717) is 12.5 Å². The number of hydrogen-bond acceptors (Lipinski definition) is 3. The van der Waals surface area contributed by atoms with E-state index in [1.54, 1.807) is 0 Å². The maximum atomic E-state index is 11.3. The molecule has 2 N–H and O–H groups in total. The highest BCUT2D eigenvalue weighted by molar-refractivity contribution is 5.77. The van der Waals surface area contributed by atoms with Gasteiger partial charge in [0.25, 0.3) is 0 Å². The molecule has 0 aromatic rings. The van der Waals surface area contributed by atoms with Crippen LogP contribution in [0.5, 0.6) is 0 Å². The molecule has 1 unspecified atom stereocenters. The van der Waals surface area contributed by atoms with Crippen LogP contribution in [0, 0.1) is 5.92 Å². The van der Waals surface area contributed by atoms with E-state index in [9.17, 15) is 4.79 Å². The molecule has 4 nitrogen and oxygen atoms in total. The summed E-state index contributed by atoms with van der Waals surface area (Å²) in [4.78, 5) is 13.9. The van der Waals surface area contributed by atoms with Crippen molar-refractivity contribution in [1.82, 2.24) is 15.5 Å². The summed E-state index contributed by atoms with van der Waals surface area (Å²) in [6.45, 7) is 10.1. The second kappa shape index (κ2) is 8.48. The van der Waals surface area contributed by atoms with Crippen LogP contribution in [0.2, 0.25) is 0 Å². The monoisotopic (exact) mass is 241 g/mol. The maximum Gasteiger partial charge on any atom is 0.233 e. The first-order valence-electron chi connectivity index (χ1n) is 6.92. The lowest BCUT2D eigenvalue weighted by atomic mass is 10.1. The number of amides is 1. The lowest BCUT2D eigenvalue weighted by Crippen LogP contribution is -2.38. The van der Waals surface area contributed by atoms with E-state index in [1.807, 2.05) is 0 Å². The summed E-state index contributed by atoms with van der Waals surface area (Å²) >= 11 is 0. The second-order valence-electron chi connectivity index (χ2n) is 5.09. The third kappa shape index (κ3) is 6.64. The quantitative estimate of drug-likeness (QED) is 0.662. The highest BCUT2D eigenvalue weighted by atomic mass is 16.1. The van der Waals surface area contributed by atoms with Gasteiger partial charge in [0.1, 0.15) is 0 Å². The molecule has 1 heterocycles. The molecule has 0 aliphatic carbocycles. The van der Waals surface area contributed by atoms with Crippen LogP contribution in [0.15, 0.2) is 0 Å². The lowest BCUT2D eigenvalue weighted by Gasteiger charge is -2.20. The molecule has 0 saturated carbocycles. The van der Waals surface area contributed by atoms with Gasteiger partial charge in [-0.1, -0.05) is 13.8 Å². The van der Waals surface area contributed by atoms with Gasteiger partial charge >= 0.3 is 0 Å². The van der Waals surface area contributed by atoms with Crippen molar-refractivity contribution in [2.75, 3.05) is 39.3 Å². The predicted molar refractivity (Wildman–Crippen MR) is 71.0 cm³/mol. The standard InChI is InChI=1S/C13H27N3O/c1-3-6-15-13(17)10-14-9-12(2)11-16-7-4-5-8-16/h12,14H,3-11H2,1-2H3,(H,15,17). The van der Waals surface area contributed by atoms with Crippen LogP contribution in [-0.2, 0) is 4.79 Å². The van der Waals surface area contributed by atoms with Crippen molar-refractivity contribution in [2.24, 2.45) is 5.92 Å². The fourth-order valence-corrected chi connectivity index (χ4v) is 2.23. The van der Waals surface area contributed by atoms with Crippen LogP contribution in [0.3, 0.4) is 0 Å². The zero-order valence-electron chi connectivity index (χ0n) is 11.3. The first-order chi connectivity index (χ1) is 8.22. The smallest absolute Gasteiger partial charge is 0.233 e. The van der Waals surface area contributed by atoms with E-state index < -0.39 is 0 Å². The van der Waals surface area contributed by atoms with Crippen LogP contribution < -0.4 is 10.6 Å². The summed E-state index contributed by atoms with van der Waals surface area (Å²) in [5.41, 5.74) is 0. The third-order valence-corrected chi connectivity index (χ3v) is 3.12. The van der Waals surface area contributed by atoms with Gasteiger partial charge in [-0.2, -0.15) is 0 Å².